The molecule has 2 aromatic rings. The van der Waals surface area contributed by atoms with Crippen LogP contribution in [-0.4, -0.2) is 35.7 Å². The summed E-state index contributed by atoms with van der Waals surface area (Å²) in [4.78, 5) is 14.5. The molecule has 1 aliphatic heterocycles. The van der Waals surface area contributed by atoms with E-state index in [1.807, 2.05) is 18.2 Å². The van der Waals surface area contributed by atoms with Crippen LogP contribution in [0.3, 0.4) is 0 Å². The zero-order valence-electron chi connectivity index (χ0n) is 16.5. The predicted octanol–water partition coefficient (Wildman–Crippen LogP) is 4.20. The molecule has 5 nitrogen and oxygen atoms in total. The minimum absolute atomic E-state index is 0.0851. The standard InChI is InChI=1S/C22H29FN4O/c1-2-3-4-5-13-24-22(28)17-11-14-27(15-12-17)21-10-9-20(25-26-21)18-7-6-8-19(23)16-18/h6-10,16-17H,2-5,11-15H2,1H3,(H,24,28). The monoisotopic (exact) mass is 384 g/mol. The smallest absolute Gasteiger partial charge is 0.223 e. The predicted molar refractivity (Wildman–Crippen MR) is 110 cm³/mol. The van der Waals surface area contributed by atoms with Crippen LogP contribution >= 0.6 is 0 Å². The fraction of sp³-hybridized carbons (Fsp3) is 0.500. The van der Waals surface area contributed by atoms with Crippen molar-refractivity contribution in [3.8, 4) is 11.3 Å². The average Bonchev–Trinajstić information content (AvgIpc) is 2.74. The molecule has 1 saturated heterocycles. The maximum atomic E-state index is 13.4. The molecule has 0 spiro atoms. The molecule has 0 aliphatic carbocycles. The minimum Gasteiger partial charge on any atom is -0.356 e. The summed E-state index contributed by atoms with van der Waals surface area (Å²) in [6.07, 6.45) is 6.33. The number of carbonyl (C=O) groups excluding carboxylic acids is 1. The van der Waals surface area contributed by atoms with Gasteiger partial charge in [-0.3, -0.25) is 4.79 Å². The zero-order valence-corrected chi connectivity index (χ0v) is 16.5. The molecule has 0 radical (unpaired) electrons. The third kappa shape index (κ3) is 5.50. The summed E-state index contributed by atoms with van der Waals surface area (Å²) in [6, 6.07) is 10.1. The second-order valence-electron chi connectivity index (χ2n) is 7.40. The average molecular weight is 384 g/mol. The van der Waals surface area contributed by atoms with Crippen molar-refractivity contribution in [2.24, 2.45) is 5.92 Å². The lowest BCUT2D eigenvalue weighted by molar-refractivity contribution is -0.125. The molecule has 1 fully saturated rings. The van der Waals surface area contributed by atoms with Gasteiger partial charge in [0.1, 0.15) is 5.82 Å². The molecule has 1 amide bonds. The fourth-order valence-corrected chi connectivity index (χ4v) is 3.57. The summed E-state index contributed by atoms with van der Waals surface area (Å²) in [7, 11) is 0. The van der Waals surface area contributed by atoms with Crippen LogP contribution in [0.4, 0.5) is 10.2 Å². The van der Waals surface area contributed by atoms with Gasteiger partial charge in [-0.15, -0.1) is 10.2 Å². The van der Waals surface area contributed by atoms with E-state index in [1.54, 1.807) is 6.07 Å². The van der Waals surface area contributed by atoms with E-state index in [9.17, 15) is 9.18 Å². The van der Waals surface area contributed by atoms with Gasteiger partial charge in [0.25, 0.3) is 0 Å². The number of rotatable bonds is 8. The van der Waals surface area contributed by atoms with E-state index in [2.05, 4.69) is 27.3 Å². The Morgan fingerprint density at radius 2 is 1.96 bits per heavy atom. The lowest BCUT2D eigenvalue weighted by Crippen LogP contribution is -2.41. The quantitative estimate of drug-likeness (QED) is 0.693. The van der Waals surface area contributed by atoms with Gasteiger partial charge in [0.05, 0.1) is 5.69 Å². The Labute approximate surface area is 166 Å². The van der Waals surface area contributed by atoms with Gasteiger partial charge in [0.15, 0.2) is 5.82 Å². The van der Waals surface area contributed by atoms with Crippen LogP contribution in [0, 0.1) is 11.7 Å². The Hall–Kier alpha value is -2.50. The van der Waals surface area contributed by atoms with Gasteiger partial charge in [-0.05, 0) is 43.5 Å². The first kappa shape index (κ1) is 20.2. The van der Waals surface area contributed by atoms with E-state index in [0.717, 1.165) is 44.7 Å². The second kappa shape index (κ2) is 10.2. The molecular weight excluding hydrogens is 355 g/mol. The van der Waals surface area contributed by atoms with Crippen LogP contribution in [0.15, 0.2) is 36.4 Å². The Balaban J connectivity index is 1.47. The number of hydrogen-bond acceptors (Lipinski definition) is 4. The lowest BCUT2D eigenvalue weighted by Gasteiger charge is -2.31. The van der Waals surface area contributed by atoms with E-state index in [4.69, 9.17) is 0 Å². The van der Waals surface area contributed by atoms with Crippen LogP contribution in [-0.2, 0) is 4.79 Å². The van der Waals surface area contributed by atoms with E-state index in [-0.39, 0.29) is 17.6 Å². The molecule has 28 heavy (non-hydrogen) atoms. The first-order valence-corrected chi connectivity index (χ1v) is 10.3. The highest BCUT2D eigenvalue weighted by molar-refractivity contribution is 5.78. The van der Waals surface area contributed by atoms with Gasteiger partial charge in [-0.25, -0.2) is 4.39 Å². The number of unbranched alkanes of at least 4 members (excludes halogenated alkanes) is 3. The lowest BCUT2D eigenvalue weighted by atomic mass is 9.96. The van der Waals surface area contributed by atoms with E-state index in [1.165, 1.54) is 31.4 Å². The summed E-state index contributed by atoms with van der Waals surface area (Å²) in [5.41, 5.74) is 1.37. The highest BCUT2D eigenvalue weighted by Crippen LogP contribution is 2.23. The Morgan fingerprint density at radius 1 is 1.14 bits per heavy atom. The number of piperidine rings is 1. The largest absolute Gasteiger partial charge is 0.356 e. The summed E-state index contributed by atoms with van der Waals surface area (Å²) in [5.74, 6) is 0.790. The third-order valence-electron chi connectivity index (χ3n) is 5.29. The Kier molecular flexibility index (Phi) is 7.34. The van der Waals surface area contributed by atoms with Gasteiger partial charge >= 0.3 is 0 Å². The summed E-state index contributed by atoms with van der Waals surface area (Å²) in [6.45, 7) is 4.56. The maximum Gasteiger partial charge on any atom is 0.223 e. The minimum atomic E-state index is -0.283. The molecule has 0 unspecified atom stereocenters. The molecule has 150 valence electrons. The molecule has 1 aromatic heterocycles. The zero-order chi connectivity index (χ0) is 19.8. The molecule has 6 heteroatoms. The molecule has 1 aliphatic rings. The van der Waals surface area contributed by atoms with Crippen molar-refractivity contribution >= 4 is 11.7 Å². The van der Waals surface area contributed by atoms with Crippen LogP contribution < -0.4 is 10.2 Å². The van der Waals surface area contributed by atoms with Gasteiger partial charge in [0.2, 0.25) is 5.91 Å². The molecular formula is C22H29FN4O. The summed E-state index contributed by atoms with van der Waals surface area (Å²) >= 11 is 0. The summed E-state index contributed by atoms with van der Waals surface area (Å²) in [5, 5.41) is 11.6. The van der Waals surface area contributed by atoms with Crippen LogP contribution in [0.5, 0.6) is 0 Å². The second-order valence-corrected chi connectivity index (χ2v) is 7.40. The van der Waals surface area contributed by atoms with E-state index in [0.29, 0.717) is 11.3 Å². The van der Waals surface area contributed by atoms with Crippen molar-refractivity contribution in [1.82, 2.24) is 15.5 Å². The van der Waals surface area contributed by atoms with Crippen LogP contribution in [0.1, 0.15) is 45.4 Å². The van der Waals surface area contributed by atoms with Crippen LogP contribution in [0.25, 0.3) is 11.3 Å². The van der Waals surface area contributed by atoms with Crippen molar-refractivity contribution in [3.05, 3.63) is 42.2 Å². The molecule has 3 rings (SSSR count). The van der Waals surface area contributed by atoms with Crippen molar-refractivity contribution in [1.29, 1.82) is 0 Å². The normalized spacial score (nSPS) is 14.9. The number of anilines is 1. The number of hydrogen-bond donors (Lipinski definition) is 1. The highest BCUT2D eigenvalue weighted by atomic mass is 19.1. The number of amides is 1. The first-order chi connectivity index (χ1) is 13.7. The number of nitrogens with zero attached hydrogens (tertiary/aromatic N) is 3. The molecule has 0 saturated carbocycles. The molecule has 1 aromatic carbocycles. The molecule has 2 heterocycles. The molecule has 0 atom stereocenters. The van der Waals surface area contributed by atoms with Gasteiger partial charge in [-0.1, -0.05) is 38.3 Å². The number of carbonyl (C=O) groups is 1. The molecule has 1 N–H and O–H groups in total. The summed E-state index contributed by atoms with van der Waals surface area (Å²) < 4.78 is 13.4. The maximum absolute atomic E-state index is 13.4. The highest BCUT2D eigenvalue weighted by Gasteiger charge is 2.25. The first-order valence-electron chi connectivity index (χ1n) is 10.3. The third-order valence-corrected chi connectivity index (χ3v) is 5.29. The van der Waals surface area contributed by atoms with Crippen molar-refractivity contribution in [2.75, 3.05) is 24.5 Å². The Morgan fingerprint density at radius 3 is 2.64 bits per heavy atom. The molecule has 0 bridgehead atoms. The van der Waals surface area contributed by atoms with Gasteiger partial charge < -0.3 is 10.2 Å². The number of aromatic nitrogens is 2. The van der Waals surface area contributed by atoms with Crippen molar-refractivity contribution in [2.45, 2.75) is 45.4 Å². The van der Waals surface area contributed by atoms with E-state index < -0.39 is 0 Å². The Bertz CT molecular complexity index is 757. The topological polar surface area (TPSA) is 58.1 Å². The van der Waals surface area contributed by atoms with Crippen molar-refractivity contribution < 1.29 is 9.18 Å². The fourth-order valence-electron chi connectivity index (χ4n) is 3.57. The van der Waals surface area contributed by atoms with Crippen LogP contribution in [0.2, 0.25) is 0 Å². The van der Waals surface area contributed by atoms with Gasteiger partial charge in [-0.2, -0.15) is 0 Å². The van der Waals surface area contributed by atoms with Gasteiger partial charge in [0, 0.05) is 31.1 Å². The number of halogens is 1. The SMILES string of the molecule is CCCCCCNC(=O)C1CCN(c2ccc(-c3cccc(F)c3)nn2)CC1. The van der Waals surface area contributed by atoms with Crippen molar-refractivity contribution in [3.63, 3.8) is 0 Å². The number of benzene rings is 1. The number of nitrogens with one attached hydrogen (secondary N) is 1. The van der Waals surface area contributed by atoms with E-state index >= 15 is 0 Å².